The van der Waals surface area contributed by atoms with Gasteiger partial charge in [0.1, 0.15) is 11.5 Å². The summed E-state index contributed by atoms with van der Waals surface area (Å²) in [5.74, 6) is 0.291. The maximum Gasteiger partial charge on any atom is 0.513 e. The molecular formula is C16H12I2O5. The Morgan fingerprint density at radius 1 is 1.04 bits per heavy atom. The maximum absolute atomic E-state index is 12.5. The number of carbonyl (C=O) groups is 2. The van der Waals surface area contributed by atoms with Crippen molar-refractivity contribution in [1.29, 1.82) is 0 Å². The molecule has 0 aliphatic rings. The Morgan fingerprint density at radius 3 is 2.13 bits per heavy atom. The Morgan fingerprint density at radius 2 is 1.61 bits per heavy atom. The van der Waals surface area contributed by atoms with Crippen LogP contribution in [-0.4, -0.2) is 23.7 Å². The van der Waals surface area contributed by atoms with Crippen LogP contribution in [0.25, 0.3) is 0 Å². The van der Waals surface area contributed by atoms with E-state index in [1.54, 1.807) is 31.2 Å². The zero-order chi connectivity index (χ0) is 17.0. The molecule has 0 aliphatic carbocycles. The van der Waals surface area contributed by atoms with Gasteiger partial charge in [0.25, 0.3) is 0 Å². The molecule has 0 bridgehead atoms. The second-order valence-electron chi connectivity index (χ2n) is 4.43. The van der Waals surface area contributed by atoms with Gasteiger partial charge in [-0.05, 0) is 88.5 Å². The number of benzene rings is 2. The second-order valence-corrected chi connectivity index (χ2v) is 6.75. The average Bonchev–Trinajstić information content (AvgIpc) is 2.52. The Labute approximate surface area is 160 Å². The summed E-state index contributed by atoms with van der Waals surface area (Å²) < 4.78 is 10.8. The largest absolute Gasteiger partial charge is 0.513 e. The van der Waals surface area contributed by atoms with Crippen molar-refractivity contribution in [3.63, 3.8) is 0 Å². The van der Waals surface area contributed by atoms with Crippen LogP contribution >= 0.6 is 45.2 Å². The molecule has 23 heavy (non-hydrogen) atoms. The van der Waals surface area contributed by atoms with Crippen LogP contribution < -0.4 is 4.74 Å². The van der Waals surface area contributed by atoms with Crippen molar-refractivity contribution in [2.45, 2.75) is 6.92 Å². The molecule has 0 radical (unpaired) electrons. The standard InChI is InChI=1S/C16H12I2O5/c1-2-22-16(21)23-11-5-3-9(4-6-11)14(19)10-7-12(17)15(20)13(18)8-10/h3-8,20H,2H2,1H3. The summed E-state index contributed by atoms with van der Waals surface area (Å²) >= 11 is 3.95. The van der Waals surface area contributed by atoms with Crippen LogP contribution in [0.2, 0.25) is 0 Å². The molecule has 0 saturated carbocycles. The lowest BCUT2D eigenvalue weighted by Crippen LogP contribution is -2.10. The number of halogens is 2. The zero-order valence-corrected chi connectivity index (χ0v) is 16.3. The van der Waals surface area contributed by atoms with Crippen molar-refractivity contribution >= 4 is 57.1 Å². The fourth-order valence-corrected chi connectivity index (χ4v) is 3.55. The molecule has 1 N–H and O–H groups in total. The van der Waals surface area contributed by atoms with Gasteiger partial charge in [0.2, 0.25) is 0 Å². The Kier molecular flexibility index (Phi) is 6.22. The Balaban J connectivity index is 2.19. The van der Waals surface area contributed by atoms with E-state index in [1.165, 1.54) is 12.1 Å². The third kappa shape index (κ3) is 4.56. The van der Waals surface area contributed by atoms with Crippen molar-refractivity contribution < 1.29 is 24.2 Å². The summed E-state index contributed by atoms with van der Waals surface area (Å²) in [6.07, 6.45) is -0.783. The molecule has 0 heterocycles. The van der Waals surface area contributed by atoms with E-state index < -0.39 is 6.16 Å². The first-order valence-electron chi connectivity index (χ1n) is 6.59. The fraction of sp³-hybridized carbons (Fsp3) is 0.125. The number of ketones is 1. The molecule has 120 valence electrons. The molecule has 0 aromatic heterocycles. The van der Waals surface area contributed by atoms with Crippen molar-refractivity contribution in [1.82, 2.24) is 0 Å². The first kappa shape index (κ1) is 18.0. The van der Waals surface area contributed by atoms with Crippen LogP contribution in [-0.2, 0) is 4.74 Å². The average molecular weight is 538 g/mol. The van der Waals surface area contributed by atoms with E-state index in [-0.39, 0.29) is 18.1 Å². The lowest BCUT2D eigenvalue weighted by molar-refractivity contribution is 0.103. The summed E-state index contributed by atoms with van der Waals surface area (Å²) in [6.45, 7) is 1.91. The number of ether oxygens (including phenoxy) is 2. The van der Waals surface area contributed by atoms with Crippen molar-refractivity contribution in [2.24, 2.45) is 0 Å². The van der Waals surface area contributed by atoms with Gasteiger partial charge < -0.3 is 14.6 Å². The lowest BCUT2D eigenvalue weighted by atomic mass is 10.0. The molecule has 2 rings (SSSR count). The second kappa shape index (κ2) is 7.95. The Hall–Kier alpha value is -1.36. The lowest BCUT2D eigenvalue weighted by Gasteiger charge is -2.07. The van der Waals surface area contributed by atoms with E-state index in [1.807, 2.05) is 45.2 Å². The number of phenols is 1. The van der Waals surface area contributed by atoms with Gasteiger partial charge >= 0.3 is 6.16 Å². The van der Waals surface area contributed by atoms with Crippen LogP contribution in [0.15, 0.2) is 36.4 Å². The highest BCUT2D eigenvalue weighted by Crippen LogP contribution is 2.28. The predicted molar refractivity (Wildman–Crippen MR) is 101 cm³/mol. The normalized spacial score (nSPS) is 10.2. The number of aromatic hydroxyl groups is 1. The number of hydrogen-bond acceptors (Lipinski definition) is 5. The number of rotatable bonds is 4. The van der Waals surface area contributed by atoms with E-state index in [4.69, 9.17) is 4.74 Å². The van der Waals surface area contributed by atoms with E-state index >= 15 is 0 Å². The van der Waals surface area contributed by atoms with Gasteiger partial charge in [0.05, 0.1) is 13.7 Å². The molecule has 0 fully saturated rings. The van der Waals surface area contributed by atoms with E-state index in [9.17, 15) is 14.7 Å². The summed E-state index contributed by atoms with van der Waals surface area (Å²) in [4.78, 5) is 23.7. The smallest absolute Gasteiger partial charge is 0.506 e. The molecule has 2 aromatic carbocycles. The molecule has 0 unspecified atom stereocenters. The number of hydrogen-bond donors (Lipinski definition) is 1. The highest BCUT2D eigenvalue weighted by molar-refractivity contribution is 14.1. The summed E-state index contributed by atoms with van der Waals surface area (Å²) in [5, 5.41) is 9.76. The molecule has 0 atom stereocenters. The van der Waals surface area contributed by atoms with E-state index in [0.717, 1.165) is 0 Å². The summed E-state index contributed by atoms with van der Waals surface area (Å²) in [7, 11) is 0. The molecule has 0 spiro atoms. The highest BCUT2D eigenvalue weighted by atomic mass is 127. The maximum atomic E-state index is 12.5. The molecule has 0 amide bonds. The highest BCUT2D eigenvalue weighted by Gasteiger charge is 2.14. The quantitative estimate of drug-likeness (QED) is 0.271. The van der Waals surface area contributed by atoms with Gasteiger partial charge in [-0.3, -0.25) is 4.79 Å². The van der Waals surface area contributed by atoms with Crippen LogP contribution in [0, 0.1) is 7.14 Å². The van der Waals surface area contributed by atoms with Crippen LogP contribution in [0.3, 0.4) is 0 Å². The van der Waals surface area contributed by atoms with Gasteiger partial charge in [0.15, 0.2) is 5.78 Å². The molecule has 5 nitrogen and oxygen atoms in total. The van der Waals surface area contributed by atoms with E-state index in [0.29, 0.717) is 24.0 Å². The number of phenolic OH excluding ortho intramolecular Hbond substituents is 1. The molecule has 2 aromatic rings. The minimum atomic E-state index is -0.783. The van der Waals surface area contributed by atoms with Crippen LogP contribution in [0.4, 0.5) is 4.79 Å². The minimum Gasteiger partial charge on any atom is -0.506 e. The van der Waals surface area contributed by atoms with Gasteiger partial charge in [-0.1, -0.05) is 0 Å². The van der Waals surface area contributed by atoms with E-state index in [2.05, 4.69) is 4.74 Å². The van der Waals surface area contributed by atoms with Crippen LogP contribution in [0.5, 0.6) is 11.5 Å². The van der Waals surface area contributed by atoms with Crippen LogP contribution in [0.1, 0.15) is 22.8 Å². The Bertz CT molecular complexity index is 718. The van der Waals surface area contributed by atoms with Gasteiger partial charge in [-0.2, -0.15) is 0 Å². The summed E-state index contributed by atoms with van der Waals surface area (Å²) in [5.41, 5.74) is 0.939. The van der Waals surface area contributed by atoms with Gasteiger partial charge in [-0.25, -0.2) is 4.79 Å². The molecule has 0 aliphatic heterocycles. The molecule has 7 heteroatoms. The minimum absolute atomic E-state index is 0.168. The third-order valence-electron chi connectivity index (χ3n) is 2.86. The zero-order valence-electron chi connectivity index (χ0n) is 12.0. The fourth-order valence-electron chi connectivity index (χ4n) is 1.78. The third-order valence-corrected chi connectivity index (χ3v) is 4.50. The first-order valence-corrected chi connectivity index (χ1v) is 8.75. The number of carbonyl (C=O) groups excluding carboxylic acids is 2. The van der Waals surface area contributed by atoms with Gasteiger partial charge in [-0.15, -0.1) is 0 Å². The van der Waals surface area contributed by atoms with Crippen molar-refractivity contribution in [3.05, 3.63) is 54.7 Å². The van der Waals surface area contributed by atoms with Gasteiger partial charge in [0, 0.05) is 11.1 Å². The van der Waals surface area contributed by atoms with Crippen molar-refractivity contribution in [3.8, 4) is 11.5 Å². The monoisotopic (exact) mass is 538 g/mol. The SMILES string of the molecule is CCOC(=O)Oc1ccc(C(=O)c2cc(I)c(O)c(I)c2)cc1. The first-order chi connectivity index (χ1) is 10.9. The summed E-state index contributed by atoms with van der Waals surface area (Å²) in [6, 6.07) is 9.46. The topological polar surface area (TPSA) is 72.8 Å². The van der Waals surface area contributed by atoms with Crippen molar-refractivity contribution in [2.75, 3.05) is 6.61 Å². The molecular weight excluding hydrogens is 526 g/mol. The molecule has 0 saturated heterocycles. The predicted octanol–water partition coefficient (Wildman–Crippen LogP) is 4.37.